The number of aryl methyl sites for hydroxylation is 1. The summed E-state index contributed by atoms with van der Waals surface area (Å²) >= 11 is 0. The topological polar surface area (TPSA) is 107 Å². The molecule has 1 unspecified atom stereocenters. The van der Waals surface area contributed by atoms with E-state index in [-0.39, 0.29) is 30.2 Å². The van der Waals surface area contributed by atoms with E-state index in [0.717, 1.165) is 48.4 Å². The van der Waals surface area contributed by atoms with Crippen molar-refractivity contribution in [1.29, 1.82) is 0 Å². The number of halogens is 1. The second-order valence-corrected chi connectivity index (χ2v) is 7.69. The Hall–Kier alpha value is -2.45. The molecule has 0 saturated heterocycles. The third-order valence-corrected chi connectivity index (χ3v) is 5.17. The smallest absolute Gasteiger partial charge is 0.204 e. The number of nitrogens with zero attached hydrogens (tertiary/aromatic N) is 4. The van der Waals surface area contributed by atoms with Gasteiger partial charge in [0, 0.05) is 19.0 Å². The largest absolute Gasteiger partial charge is 0.497 e. The highest BCUT2D eigenvalue weighted by Gasteiger charge is 2.16. The summed E-state index contributed by atoms with van der Waals surface area (Å²) in [7, 11) is 1.64. The van der Waals surface area contributed by atoms with Crippen LogP contribution in [0.2, 0.25) is 0 Å². The molecule has 0 aliphatic heterocycles. The number of Topliss-reactive ketones (excluding diaryl/α,β-unsaturated/α-hetero) is 1. The molecule has 0 spiro atoms. The van der Waals surface area contributed by atoms with Gasteiger partial charge in [0.1, 0.15) is 17.4 Å². The molecule has 2 heterocycles. The number of anilines is 1. The average molecular weight is 435 g/mol. The summed E-state index contributed by atoms with van der Waals surface area (Å²) in [5.41, 5.74) is 8.36. The number of ether oxygens (including phenoxy) is 1. The van der Waals surface area contributed by atoms with Crippen LogP contribution in [0, 0.1) is 12.8 Å². The summed E-state index contributed by atoms with van der Waals surface area (Å²) in [6, 6.07) is 5.43. The van der Waals surface area contributed by atoms with Gasteiger partial charge in [-0.25, -0.2) is 4.98 Å². The lowest BCUT2D eigenvalue weighted by atomic mass is 9.97. The van der Waals surface area contributed by atoms with E-state index in [4.69, 9.17) is 15.5 Å². The highest BCUT2D eigenvalue weighted by Crippen LogP contribution is 2.25. The monoisotopic (exact) mass is 434 g/mol. The fourth-order valence-corrected chi connectivity index (χ4v) is 3.35. The van der Waals surface area contributed by atoms with Crippen molar-refractivity contribution in [2.75, 3.05) is 19.0 Å². The second kappa shape index (κ2) is 10.5. The van der Waals surface area contributed by atoms with E-state index in [9.17, 15) is 4.79 Å². The number of methoxy groups -OCH3 is 1. The first kappa shape index (κ1) is 23.8. The molecule has 2 aromatic heterocycles. The molecule has 30 heavy (non-hydrogen) atoms. The number of aromatic nitrogens is 4. The van der Waals surface area contributed by atoms with Crippen molar-refractivity contribution in [3.8, 4) is 5.75 Å². The highest BCUT2D eigenvalue weighted by atomic mass is 35.5. The predicted octanol–water partition coefficient (Wildman–Crippen LogP) is 3.54. The molecule has 1 aromatic carbocycles. The van der Waals surface area contributed by atoms with Crippen molar-refractivity contribution in [1.82, 2.24) is 19.6 Å². The van der Waals surface area contributed by atoms with Crippen LogP contribution in [0.1, 0.15) is 45.4 Å². The zero-order valence-corrected chi connectivity index (χ0v) is 18.8. The van der Waals surface area contributed by atoms with Gasteiger partial charge in [0.2, 0.25) is 5.65 Å². The van der Waals surface area contributed by atoms with Crippen LogP contribution < -0.4 is 15.8 Å². The number of nitrogens with one attached hydrogen (secondary N) is 1. The van der Waals surface area contributed by atoms with Gasteiger partial charge in [0.05, 0.1) is 24.2 Å². The molecule has 0 amide bonds. The molecule has 0 aliphatic rings. The first-order chi connectivity index (χ1) is 13.9. The van der Waals surface area contributed by atoms with E-state index < -0.39 is 0 Å². The third-order valence-electron chi connectivity index (χ3n) is 5.17. The molecule has 0 fully saturated rings. The molecule has 3 rings (SSSR count). The lowest BCUT2D eigenvalue weighted by Gasteiger charge is -2.14. The summed E-state index contributed by atoms with van der Waals surface area (Å²) in [5.74, 6) is 2.60. The highest BCUT2D eigenvalue weighted by molar-refractivity contribution is 5.85. The second-order valence-electron chi connectivity index (χ2n) is 7.69. The van der Waals surface area contributed by atoms with Crippen LogP contribution in [0.5, 0.6) is 5.75 Å². The van der Waals surface area contributed by atoms with Crippen molar-refractivity contribution in [2.24, 2.45) is 11.7 Å². The zero-order chi connectivity index (χ0) is 21.0. The third kappa shape index (κ3) is 5.17. The van der Waals surface area contributed by atoms with Crippen molar-refractivity contribution < 1.29 is 9.53 Å². The quantitative estimate of drug-likeness (QED) is 0.470. The van der Waals surface area contributed by atoms with Gasteiger partial charge in [-0.3, -0.25) is 9.20 Å². The number of unbranched alkanes of at least 4 members (excludes halogenated alkanes) is 2. The minimum Gasteiger partial charge on any atom is -0.497 e. The van der Waals surface area contributed by atoms with Gasteiger partial charge in [0.15, 0.2) is 5.82 Å². The van der Waals surface area contributed by atoms with E-state index in [1.165, 1.54) is 0 Å². The van der Waals surface area contributed by atoms with E-state index in [0.29, 0.717) is 17.9 Å². The molecule has 9 heteroatoms. The van der Waals surface area contributed by atoms with Gasteiger partial charge in [-0.15, -0.1) is 22.6 Å². The number of fused-ring (bicyclic) bond motifs is 3. The summed E-state index contributed by atoms with van der Waals surface area (Å²) in [5, 5.41) is 11.9. The standard InChI is InChI=1S/C21H30N6O2.ClH/c1-13(2)19(22)18(28)8-6-5-7-11-23-20-21-26-25-14(3)27(21)17-10-9-15(29-4)12-16(17)24-20;/h9-10,12-13,19H,5-8,11,22H2,1-4H3,(H,23,24);1H. The van der Waals surface area contributed by atoms with Gasteiger partial charge in [0.25, 0.3) is 0 Å². The first-order valence-electron chi connectivity index (χ1n) is 10.1. The maximum atomic E-state index is 12.0. The molecule has 0 bridgehead atoms. The van der Waals surface area contributed by atoms with E-state index >= 15 is 0 Å². The van der Waals surface area contributed by atoms with Gasteiger partial charge in [-0.2, -0.15) is 0 Å². The minimum absolute atomic E-state index is 0. The molecule has 0 saturated carbocycles. The molecule has 3 aromatic rings. The molecule has 0 radical (unpaired) electrons. The number of benzene rings is 1. The van der Waals surface area contributed by atoms with Crippen LogP contribution in [0.25, 0.3) is 16.7 Å². The first-order valence-corrected chi connectivity index (χ1v) is 10.1. The number of carbonyl (C=O) groups excluding carboxylic acids is 1. The Morgan fingerprint density at radius 1 is 1.23 bits per heavy atom. The number of carbonyl (C=O) groups is 1. The fourth-order valence-electron chi connectivity index (χ4n) is 3.35. The number of rotatable bonds is 10. The van der Waals surface area contributed by atoms with Gasteiger partial charge < -0.3 is 15.8 Å². The Bertz CT molecular complexity index is 1000. The number of ketones is 1. The van der Waals surface area contributed by atoms with E-state index in [1.807, 2.05) is 43.4 Å². The maximum Gasteiger partial charge on any atom is 0.204 e. The van der Waals surface area contributed by atoms with E-state index in [1.54, 1.807) is 7.11 Å². The Morgan fingerprint density at radius 2 is 2.00 bits per heavy atom. The minimum atomic E-state index is -0.351. The summed E-state index contributed by atoms with van der Waals surface area (Å²) in [4.78, 5) is 16.7. The van der Waals surface area contributed by atoms with Crippen molar-refractivity contribution in [2.45, 2.75) is 52.5 Å². The Kier molecular flexibility index (Phi) is 8.37. The van der Waals surface area contributed by atoms with Crippen molar-refractivity contribution in [3.05, 3.63) is 24.0 Å². The van der Waals surface area contributed by atoms with Gasteiger partial charge in [-0.1, -0.05) is 20.3 Å². The van der Waals surface area contributed by atoms with Crippen molar-refractivity contribution in [3.63, 3.8) is 0 Å². The zero-order valence-electron chi connectivity index (χ0n) is 18.0. The number of hydrogen-bond donors (Lipinski definition) is 2. The van der Waals surface area contributed by atoms with Crippen LogP contribution in [0.15, 0.2) is 18.2 Å². The van der Waals surface area contributed by atoms with Crippen LogP contribution >= 0.6 is 12.4 Å². The van der Waals surface area contributed by atoms with E-state index in [2.05, 4.69) is 15.5 Å². The lowest BCUT2D eigenvalue weighted by molar-refractivity contribution is -0.121. The summed E-state index contributed by atoms with van der Waals surface area (Å²) in [6.07, 6.45) is 3.28. The van der Waals surface area contributed by atoms with Crippen LogP contribution in [-0.4, -0.2) is 45.1 Å². The van der Waals surface area contributed by atoms with Gasteiger partial charge in [-0.05, 0) is 37.8 Å². The van der Waals surface area contributed by atoms with Crippen LogP contribution in [0.3, 0.4) is 0 Å². The van der Waals surface area contributed by atoms with Crippen molar-refractivity contribution >= 4 is 40.7 Å². The summed E-state index contributed by atoms with van der Waals surface area (Å²) in [6.45, 7) is 6.62. The SMILES string of the molecule is COc1ccc2c(c1)nc(NCCCCCC(=O)C(N)C(C)C)c1nnc(C)n12.Cl. The molecule has 0 aliphatic carbocycles. The Morgan fingerprint density at radius 3 is 2.70 bits per heavy atom. The normalized spacial score (nSPS) is 12.2. The molecule has 164 valence electrons. The van der Waals surface area contributed by atoms with Gasteiger partial charge >= 0.3 is 0 Å². The molecule has 8 nitrogen and oxygen atoms in total. The molecule has 1 atom stereocenters. The fraction of sp³-hybridized carbons (Fsp3) is 0.524. The van der Waals surface area contributed by atoms with Crippen LogP contribution in [-0.2, 0) is 4.79 Å². The average Bonchev–Trinajstić information content (AvgIpc) is 3.11. The van der Waals surface area contributed by atoms with Crippen LogP contribution in [0.4, 0.5) is 5.82 Å². The lowest BCUT2D eigenvalue weighted by Crippen LogP contribution is -2.35. The summed E-state index contributed by atoms with van der Waals surface area (Å²) < 4.78 is 7.32. The maximum absolute atomic E-state index is 12.0. The Balaban J connectivity index is 0.00000320. The number of nitrogens with two attached hydrogens (primary N) is 1. The Labute approximate surface area is 183 Å². The molecule has 3 N–H and O–H groups in total. The number of hydrogen-bond acceptors (Lipinski definition) is 7. The molecular formula is C21H31ClN6O2. The molecular weight excluding hydrogens is 404 g/mol. The predicted molar refractivity (Wildman–Crippen MR) is 122 cm³/mol.